The summed E-state index contributed by atoms with van der Waals surface area (Å²) in [5, 5.41) is 13.7. The Balaban J connectivity index is 1.19. The number of nitrogens with one attached hydrogen (secondary N) is 2. The average Bonchev–Trinajstić information content (AvgIpc) is 3.42. The summed E-state index contributed by atoms with van der Waals surface area (Å²) in [7, 11) is 0. The zero-order valence-electron chi connectivity index (χ0n) is 21.1. The summed E-state index contributed by atoms with van der Waals surface area (Å²) in [6.07, 6.45) is -0.584. The number of ether oxygens (including phenoxy) is 1. The third-order valence-corrected chi connectivity index (χ3v) is 6.81. The van der Waals surface area contributed by atoms with Gasteiger partial charge in [-0.25, -0.2) is 14.2 Å². The van der Waals surface area contributed by atoms with Gasteiger partial charge >= 0.3 is 6.09 Å². The van der Waals surface area contributed by atoms with Crippen molar-refractivity contribution in [1.82, 2.24) is 20.2 Å². The minimum Gasteiger partial charge on any atom is -0.439 e. The van der Waals surface area contributed by atoms with Gasteiger partial charge in [0.15, 0.2) is 0 Å². The molecule has 1 aromatic heterocycles. The molecule has 0 saturated carbocycles. The quantitative estimate of drug-likeness (QED) is 0.355. The van der Waals surface area contributed by atoms with Crippen molar-refractivity contribution in [1.29, 1.82) is 0 Å². The molecule has 2 saturated heterocycles. The summed E-state index contributed by atoms with van der Waals surface area (Å²) in [6.45, 7) is 6.58. The number of cyclic esters (lactones) is 1. The van der Waals surface area contributed by atoms with Gasteiger partial charge in [0.1, 0.15) is 17.2 Å². The lowest BCUT2D eigenvalue weighted by molar-refractivity contribution is -0.384. The Morgan fingerprint density at radius 3 is 2.68 bits per heavy atom. The molecule has 3 heterocycles. The predicted octanol–water partition coefficient (Wildman–Crippen LogP) is 2.78. The van der Waals surface area contributed by atoms with Crippen molar-refractivity contribution in [3.05, 3.63) is 58.2 Å². The fourth-order valence-corrected chi connectivity index (χ4v) is 4.82. The summed E-state index contributed by atoms with van der Waals surface area (Å²) < 4.78 is 20.6. The van der Waals surface area contributed by atoms with Crippen LogP contribution in [0.5, 0.6) is 0 Å². The number of fused-ring (bicyclic) bond motifs is 1. The van der Waals surface area contributed by atoms with Crippen molar-refractivity contribution in [3.8, 4) is 0 Å². The molecule has 2 aliphatic rings. The van der Waals surface area contributed by atoms with Gasteiger partial charge in [0.05, 0.1) is 47.0 Å². The van der Waals surface area contributed by atoms with Crippen LogP contribution in [-0.4, -0.2) is 76.7 Å². The second-order valence-electron chi connectivity index (χ2n) is 9.85. The van der Waals surface area contributed by atoms with Gasteiger partial charge in [-0.3, -0.25) is 24.7 Å². The minimum atomic E-state index is -0.900. The molecule has 0 radical (unpaired) electrons. The zero-order chi connectivity index (χ0) is 27.0. The number of carbonyl (C=O) groups is 2. The largest absolute Gasteiger partial charge is 0.439 e. The third-order valence-electron chi connectivity index (χ3n) is 6.81. The topological polar surface area (TPSA) is 137 Å². The lowest BCUT2D eigenvalue weighted by Crippen LogP contribution is -2.46. The first kappa shape index (κ1) is 25.4. The number of aromatic amines is 1. The first-order valence-electron chi connectivity index (χ1n) is 12.2. The lowest BCUT2D eigenvalue weighted by atomic mass is 10.1. The third kappa shape index (κ3) is 5.23. The first-order chi connectivity index (χ1) is 18.1. The average molecular weight is 526 g/mol. The number of piperazine rings is 1. The van der Waals surface area contributed by atoms with Gasteiger partial charge in [-0.05, 0) is 31.2 Å². The van der Waals surface area contributed by atoms with Crippen LogP contribution < -0.4 is 15.1 Å². The van der Waals surface area contributed by atoms with Crippen molar-refractivity contribution in [3.63, 3.8) is 0 Å². The number of rotatable bonds is 7. The number of anilines is 2. The van der Waals surface area contributed by atoms with Crippen molar-refractivity contribution >= 4 is 40.1 Å². The molecule has 13 heteroatoms. The van der Waals surface area contributed by atoms with E-state index in [1.807, 2.05) is 4.90 Å². The number of nitrogens with zero attached hydrogens (tertiary/aromatic N) is 5. The molecule has 38 heavy (non-hydrogen) atoms. The highest BCUT2D eigenvalue weighted by molar-refractivity contribution is 5.90. The number of amides is 2. The first-order valence-corrected chi connectivity index (χ1v) is 12.2. The summed E-state index contributed by atoms with van der Waals surface area (Å²) in [5.41, 5.74) is 1.25. The fourth-order valence-electron chi connectivity index (χ4n) is 4.82. The zero-order valence-corrected chi connectivity index (χ0v) is 21.1. The monoisotopic (exact) mass is 525 g/mol. The highest BCUT2D eigenvalue weighted by Crippen LogP contribution is 2.31. The summed E-state index contributed by atoms with van der Waals surface area (Å²) in [6, 6.07) is 9.24. The maximum absolute atomic E-state index is 15.2. The molecule has 2 fully saturated rings. The van der Waals surface area contributed by atoms with Crippen molar-refractivity contribution in [2.45, 2.75) is 26.0 Å². The molecule has 2 aliphatic heterocycles. The van der Waals surface area contributed by atoms with Crippen LogP contribution in [-0.2, 0) is 16.1 Å². The Bertz CT molecular complexity index is 1400. The molecule has 2 aromatic carbocycles. The number of hydrogen-bond acceptors (Lipinski definition) is 8. The minimum absolute atomic E-state index is 0.00925. The number of halogens is 1. The van der Waals surface area contributed by atoms with E-state index in [0.717, 1.165) is 0 Å². The number of nitro groups is 1. The van der Waals surface area contributed by atoms with Crippen molar-refractivity contribution in [2.75, 3.05) is 49.1 Å². The van der Waals surface area contributed by atoms with Gasteiger partial charge in [0, 0.05) is 45.2 Å². The van der Waals surface area contributed by atoms with Crippen molar-refractivity contribution in [2.24, 2.45) is 0 Å². The van der Waals surface area contributed by atoms with Crippen LogP contribution in [0.1, 0.15) is 19.7 Å². The standard InChI is InChI=1S/C25H28FN7O5/c1-16(34)27-14-25(2)15-32(24(35)38-25)17-4-6-22(19(26)11-17)31-9-7-30(8-10-31)13-23-28-20-5-3-18(33(36)37)12-21(20)29-23/h3-6,11-12H,7-10,13-15H2,1-2H3,(H,27,34)(H,28,29). The van der Waals surface area contributed by atoms with E-state index in [1.165, 1.54) is 30.0 Å². The smallest absolute Gasteiger partial charge is 0.415 e. The Hall–Kier alpha value is -4.26. The normalized spacial score (nSPS) is 20.1. The lowest BCUT2D eigenvalue weighted by Gasteiger charge is -2.36. The maximum atomic E-state index is 15.2. The number of non-ortho nitro benzene ring substituents is 1. The Morgan fingerprint density at radius 1 is 1.24 bits per heavy atom. The molecule has 0 aliphatic carbocycles. The van der Waals surface area contributed by atoms with E-state index >= 15 is 4.39 Å². The number of aromatic nitrogens is 2. The van der Waals surface area contributed by atoms with Gasteiger partial charge in [0.2, 0.25) is 5.91 Å². The van der Waals surface area contributed by atoms with E-state index in [1.54, 1.807) is 25.1 Å². The molecular weight excluding hydrogens is 497 g/mol. The van der Waals surface area contributed by atoms with E-state index < -0.39 is 22.4 Å². The van der Waals surface area contributed by atoms with Gasteiger partial charge in [0.25, 0.3) is 5.69 Å². The molecule has 0 bridgehead atoms. The molecule has 2 amide bonds. The molecule has 1 atom stereocenters. The van der Waals surface area contributed by atoms with Gasteiger partial charge in [-0.1, -0.05) is 0 Å². The molecule has 0 spiro atoms. The highest BCUT2D eigenvalue weighted by Gasteiger charge is 2.42. The maximum Gasteiger partial charge on any atom is 0.415 e. The molecule has 3 aromatic rings. The van der Waals surface area contributed by atoms with Gasteiger partial charge < -0.3 is 19.9 Å². The van der Waals surface area contributed by atoms with Crippen LogP contribution in [0.3, 0.4) is 0 Å². The summed E-state index contributed by atoms with van der Waals surface area (Å²) in [4.78, 5) is 47.4. The van der Waals surface area contributed by atoms with Crippen LogP contribution >= 0.6 is 0 Å². The number of H-pyrrole nitrogens is 1. The Kier molecular flexibility index (Phi) is 6.61. The summed E-state index contributed by atoms with van der Waals surface area (Å²) in [5.74, 6) is 0.0608. The Morgan fingerprint density at radius 2 is 2.00 bits per heavy atom. The number of imidazole rings is 1. The van der Waals surface area contributed by atoms with Crippen LogP contribution in [0.4, 0.5) is 26.2 Å². The predicted molar refractivity (Wildman–Crippen MR) is 138 cm³/mol. The number of hydrogen-bond donors (Lipinski definition) is 2. The highest BCUT2D eigenvalue weighted by atomic mass is 19.1. The van der Waals surface area contributed by atoms with E-state index in [9.17, 15) is 19.7 Å². The molecule has 1 unspecified atom stereocenters. The van der Waals surface area contributed by atoms with Crippen molar-refractivity contribution < 1.29 is 23.6 Å². The second-order valence-corrected chi connectivity index (χ2v) is 9.85. The molecular formula is C25H28FN7O5. The van der Waals surface area contributed by atoms with Gasteiger partial charge in [-0.15, -0.1) is 0 Å². The van der Waals surface area contributed by atoms with Crippen LogP contribution in [0, 0.1) is 15.9 Å². The Labute approximate surface area is 217 Å². The van der Waals surface area contributed by atoms with E-state index in [0.29, 0.717) is 61.0 Å². The number of nitro benzene ring substituents is 1. The molecule has 2 N–H and O–H groups in total. The second kappa shape index (κ2) is 9.89. The number of benzene rings is 2. The van der Waals surface area contributed by atoms with E-state index in [4.69, 9.17) is 4.74 Å². The van der Waals surface area contributed by atoms with E-state index in [2.05, 4.69) is 20.2 Å². The van der Waals surface area contributed by atoms with Crippen LogP contribution in [0.15, 0.2) is 36.4 Å². The molecule has 12 nitrogen and oxygen atoms in total. The fraction of sp³-hybridized carbons (Fsp3) is 0.400. The van der Waals surface area contributed by atoms with E-state index in [-0.39, 0.29) is 24.7 Å². The number of carbonyl (C=O) groups excluding carboxylic acids is 2. The molecule has 5 rings (SSSR count). The molecule has 200 valence electrons. The summed E-state index contributed by atoms with van der Waals surface area (Å²) >= 11 is 0. The van der Waals surface area contributed by atoms with Gasteiger partial charge in [-0.2, -0.15) is 0 Å². The van der Waals surface area contributed by atoms with Crippen LogP contribution in [0.25, 0.3) is 11.0 Å². The SMILES string of the molecule is CC(=O)NCC1(C)CN(c2ccc(N3CCN(Cc4nc5ccc([N+](=O)[O-])cc5[nH]4)CC3)c(F)c2)C(=O)O1. The van der Waals surface area contributed by atoms with Crippen LogP contribution in [0.2, 0.25) is 0 Å².